The summed E-state index contributed by atoms with van der Waals surface area (Å²) in [5.41, 5.74) is 0. The van der Waals surface area contributed by atoms with E-state index in [1.54, 1.807) is 0 Å². The monoisotopic (exact) mass is 243 g/mol. The molecule has 0 rings (SSSR count). The van der Waals surface area contributed by atoms with Crippen LogP contribution in [0.3, 0.4) is 0 Å². The van der Waals surface area contributed by atoms with Crippen molar-refractivity contribution in [2.24, 2.45) is 0 Å². The van der Waals surface area contributed by atoms with E-state index in [1.807, 2.05) is 0 Å². The zero-order valence-corrected chi connectivity index (χ0v) is 12.7. The van der Waals surface area contributed by atoms with E-state index in [9.17, 15) is 0 Å². The Labute approximate surface area is 108 Å². The topological polar surface area (TPSA) is 27.3 Å². The number of hydrogen-bond donors (Lipinski definition) is 2. The van der Waals surface area contributed by atoms with E-state index < -0.39 is 0 Å². The zero-order chi connectivity index (χ0) is 13.3. The van der Waals surface area contributed by atoms with Gasteiger partial charge in [0.25, 0.3) is 0 Å². The predicted octanol–water partition coefficient (Wildman–Crippen LogP) is 2.08. The van der Waals surface area contributed by atoms with E-state index in [0.29, 0.717) is 18.1 Å². The molecule has 0 saturated heterocycles. The SMILES string of the molecule is CCC(CCC(C)NCCN(C)C)NC(C)C. The lowest BCUT2D eigenvalue weighted by atomic mass is 10.0. The first-order chi connectivity index (χ1) is 7.95. The standard InChI is InChI=1S/C14H33N3/c1-7-14(16-12(2)3)9-8-13(4)15-10-11-17(5)6/h12-16H,7-11H2,1-6H3. The van der Waals surface area contributed by atoms with E-state index in [4.69, 9.17) is 0 Å². The van der Waals surface area contributed by atoms with Gasteiger partial charge in [-0.2, -0.15) is 0 Å². The quantitative estimate of drug-likeness (QED) is 0.615. The van der Waals surface area contributed by atoms with Crippen molar-refractivity contribution in [3.05, 3.63) is 0 Å². The average Bonchev–Trinajstić information content (AvgIpc) is 2.23. The fourth-order valence-electron chi connectivity index (χ4n) is 1.96. The molecule has 0 aliphatic rings. The van der Waals surface area contributed by atoms with Crippen molar-refractivity contribution in [2.75, 3.05) is 27.2 Å². The average molecular weight is 243 g/mol. The van der Waals surface area contributed by atoms with E-state index in [2.05, 4.69) is 57.3 Å². The van der Waals surface area contributed by atoms with E-state index in [0.717, 1.165) is 13.1 Å². The molecule has 0 saturated carbocycles. The predicted molar refractivity (Wildman–Crippen MR) is 77.6 cm³/mol. The summed E-state index contributed by atoms with van der Waals surface area (Å²) in [6.45, 7) is 11.2. The van der Waals surface area contributed by atoms with E-state index in [1.165, 1.54) is 19.3 Å². The second-order valence-electron chi connectivity index (χ2n) is 5.66. The maximum Gasteiger partial charge on any atom is 0.0101 e. The molecular formula is C14H33N3. The maximum atomic E-state index is 3.62. The van der Waals surface area contributed by atoms with Crippen LogP contribution in [0.15, 0.2) is 0 Å². The van der Waals surface area contributed by atoms with Gasteiger partial charge in [0.1, 0.15) is 0 Å². The molecule has 2 atom stereocenters. The van der Waals surface area contributed by atoms with Crippen LogP contribution in [0.4, 0.5) is 0 Å². The second kappa shape index (κ2) is 9.86. The molecule has 0 spiro atoms. The molecule has 2 unspecified atom stereocenters. The Kier molecular flexibility index (Phi) is 9.79. The number of rotatable bonds is 10. The highest BCUT2D eigenvalue weighted by Crippen LogP contribution is 2.05. The van der Waals surface area contributed by atoms with Crippen molar-refractivity contribution in [3.63, 3.8) is 0 Å². The van der Waals surface area contributed by atoms with Crippen LogP contribution >= 0.6 is 0 Å². The molecule has 17 heavy (non-hydrogen) atoms. The van der Waals surface area contributed by atoms with Crippen LogP contribution in [-0.2, 0) is 0 Å². The van der Waals surface area contributed by atoms with Gasteiger partial charge in [-0.05, 0) is 40.3 Å². The molecule has 0 aliphatic carbocycles. The highest BCUT2D eigenvalue weighted by Gasteiger charge is 2.09. The fourth-order valence-corrected chi connectivity index (χ4v) is 1.96. The van der Waals surface area contributed by atoms with Gasteiger partial charge in [0.15, 0.2) is 0 Å². The van der Waals surface area contributed by atoms with Crippen molar-refractivity contribution >= 4 is 0 Å². The third-order valence-electron chi connectivity index (χ3n) is 3.06. The van der Waals surface area contributed by atoms with Gasteiger partial charge >= 0.3 is 0 Å². The molecule has 3 heteroatoms. The summed E-state index contributed by atoms with van der Waals surface area (Å²) in [6, 6.07) is 1.89. The van der Waals surface area contributed by atoms with Crippen LogP contribution in [0.25, 0.3) is 0 Å². The van der Waals surface area contributed by atoms with Gasteiger partial charge in [0.2, 0.25) is 0 Å². The second-order valence-corrected chi connectivity index (χ2v) is 5.66. The zero-order valence-electron chi connectivity index (χ0n) is 12.7. The minimum Gasteiger partial charge on any atom is -0.313 e. The third kappa shape index (κ3) is 10.7. The first-order valence-corrected chi connectivity index (χ1v) is 7.09. The van der Waals surface area contributed by atoms with Crippen LogP contribution < -0.4 is 10.6 Å². The molecule has 0 aliphatic heterocycles. The molecule has 0 heterocycles. The van der Waals surface area contributed by atoms with Crippen LogP contribution in [-0.4, -0.2) is 50.2 Å². The van der Waals surface area contributed by atoms with Crippen molar-refractivity contribution in [2.45, 2.75) is 65.1 Å². The molecule has 0 amide bonds. The molecule has 2 N–H and O–H groups in total. The van der Waals surface area contributed by atoms with Gasteiger partial charge in [-0.3, -0.25) is 0 Å². The maximum absolute atomic E-state index is 3.62. The van der Waals surface area contributed by atoms with Crippen LogP contribution in [0, 0.1) is 0 Å². The number of likely N-dealkylation sites (N-methyl/N-ethyl adjacent to an activating group) is 1. The molecule has 3 nitrogen and oxygen atoms in total. The normalized spacial score (nSPS) is 15.5. The van der Waals surface area contributed by atoms with Gasteiger partial charge in [-0.1, -0.05) is 20.8 Å². The Morgan fingerprint density at radius 1 is 1.06 bits per heavy atom. The smallest absolute Gasteiger partial charge is 0.0101 e. The summed E-state index contributed by atoms with van der Waals surface area (Å²) < 4.78 is 0. The lowest BCUT2D eigenvalue weighted by Crippen LogP contribution is -2.37. The number of nitrogens with one attached hydrogen (secondary N) is 2. The Morgan fingerprint density at radius 3 is 2.18 bits per heavy atom. The molecular weight excluding hydrogens is 210 g/mol. The van der Waals surface area contributed by atoms with Gasteiger partial charge < -0.3 is 15.5 Å². The summed E-state index contributed by atoms with van der Waals surface area (Å²) >= 11 is 0. The minimum atomic E-state index is 0.594. The van der Waals surface area contributed by atoms with Crippen LogP contribution in [0.5, 0.6) is 0 Å². The fraction of sp³-hybridized carbons (Fsp3) is 1.00. The summed E-state index contributed by atoms with van der Waals surface area (Å²) in [5, 5.41) is 7.20. The largest absolute Gasteiger partial charge is 0.313 e. The van der Waals surface area contributed by atoms with Crippen molar-refractivity contribution in [3.8, 4) is 0 Å². The number of hydrogen-bond acceptors (Lipinski definition) is 3. The Balaban J connectivity index is 3.62. The van der Waals surface area contributed by atoms with E-state index in [-0.39, 0.29) is 0 Å². The highest BCUT2D eigenvalue weighted by atomic mass is 15.1. The van der Waals surface area contributed by atoms with Gasteiger partial charge in [0, 0.05) is 31.2 Å². The number of nitrogens with zero attached hydrogens (tertiary/aromatic N) is 1. The Hall–Kier alpha value is -0.120. The first-order valence-electron chi connectivity index (χ1n) is 7.09. The minimum absolute atomic E-state index is 0.594. The molecule has 104 valence electrons. The lowest BCUT2D eigenvalue weighted by Gasteiger charge is -2.22. The molecule has 0 aromatic rings. The summed E-state index contributed by atoms with van der Waals surface area (Å²) in [7, 11) is 4.23. The van der Waals surface area contributed by atoms with Crippen molar-refractivity contribution in [1.29, 1.82) is 0 Å². The third-order valence-corrected chi connectivity index (χ3v) is 3.06. The van der Waals surface area contributed by atoms with Crippen LogP contribution in [0.2, 0.25) is 0 Å². The van der Waals surface area contributed by atoms with Gasteiger partial charge in [-0.25, -0.2) is 0 Å². The lowest BCUT2D eigenvalue weighted by molar-refractivity contribution is 0.362. The van der Waals surface area contributed by atoms with Crippen molar-refractivity contribution in [1.82, 2.24) is 15.5 Å². The summed E-state index contributed by atoms with van der Waals surface area (Å²) in [5.74, 6) is 0. The van der Waals surface area contributed by atoms with Gasteiger partial charge in [0.05, 0.1) is 0 Å². The molecule has 0 radical (unpaired) electrons. The molecule has 0 bridgehead atoms. The molecule has 0 aromatic heterocycles. The highest BCUT2D eigenvalue weighted by molar-refractivity contribution is 4.71. The molecule has 0 aromatic carbocycles. The van der Waals surface area contributed by atoms with Crippen LogP contribution in [0.1, 0.15) is 47.0 Å². The first kappa shape index (κ1) is 16.9. The van der Waals surface area contributed by atoms with Crippen molar-refractivity contribution < 1.29 is 0 Å². The summed E-state index contributed by atoms with van der Waals surface area (Å²) in [6.07, 6.45) is 3.75. The van der Waals surface area contributed by atoms with Gasteiger partial charge in [-0.15, -0.1) is 0 Å². The molecule has 0 fully saturated rings. The van der Waals surface area contributed by atoms with E-state index >= 15 is 0 Å². The Morgan fingerprint density at radius 2 is 1.71 bits per heavy atom. The summed E-state index contributed by atoms with van der Waals surface area (Å²) in [4.78, 5) is 2.22. The Bertz CT molecular complexity index is 169.